The molecule has 2 amide bonds. The van der Waals surface area contributed by atoms with Crippen molar-refractivity contribution in [2.45, 2.75) is 26.4 Å². The number of hydrogen-bond acceptors (Lipinski definition) is 4. The van der Waals surface area contributed by atoms with Crippen LogP contribution in [-0.2, 0) is 13.5 Å². The zero-order valence-electron chi connectivity index (χ0n) is 15.4. The van der Waals surface area contributed by atoms with Gasteiger partial charge in [-0.05, 0) is 48.7 Å². The van der Waals surface area contributed by atoms with E-state index >= 15 is 0 Å². The number of hydrazine groups is 1. The standard InChI is InChI=1S/C20H22N4O3/c1-4-12-7-15(18(26)9-17(12)25)19-21-22-20(27)24(19)13-5-6-16-14(8-13)11(2)10-23(16)3/h5-10,19,21,25-26H,4H2,1-3H3,(H,22,27). The quantitative estimate of drug-likeness (QED) is 0.573. The van der Waals surface area contributed by atoms with Gasteiger partial charge in [-0.25, -0.2) is 10.2 Å². The van der Waals surface area contributed by atoms with Gasteiger partial charge in [0.15, 0.2) is 0 Å². The molecule has 1 atom stereocenters. The van der Waals surface area contributed by atoms with Crippen molar-refractivity contribution in [3.8, 4) is 11.5 Å². The van der Waals surface area contributed by atoms with Crippen LogP contribution in [0.5, 0.6) is 11.5 Å². The first-order valence-electron chi connectivity index (χ1n) is 8.86. The summed E-state index contributed by atoms with van der Waals surface area (Å²) in [5.74, 6) is -0.0235. The fraction of sp³-hybridized carbons (Fsp3) is 0.250. The van der Waals surface area contributed by atoms with Crippen LogP contribution in [0.3, 0.4) is 0 Å². The van der Waals surface area contributed by atoms with E-state index in [1.807, 2.05) is 49.9 Å². The molecule has 0 saturated carbocycles. The zero-order chi connectivity index (χ0) is 19.3. The van der Waals surface area contributed by atoms with Crippen molar-refractivity contribution in [2.24, 2.45) is 7.05 Å². The van der Waals surface area contributed by atoms with Gasteiger partial charge >= 0.3 is 6.03 Å². The second-order valence-electron chi connectivity index (χ2n) is 6.86. The van der Waals surface area contributed by atoms with Crippen molar-refractivity contribution < 1.29 is 15.0 Å². The molecule has 3 aromatic rings. The third-order valence-corrected chi connectivity index (χ3v) is 5.15. The van der Waals surface area contributed by atoms with Crippen LogP contribution in [0, 0.1) is 6.92 Å². The normalized spacial score (nSPS) is 16.9. The van der Waals surface area contributed by atoms with Gasteiger partial charge in [-0.3, -0.25) is 10.3 Å². The summed E-state index contributed by atoms with van der Waals surface area (Å²) in [4.78, 5) is 14.1. The minimum absolute atomic E-state index is 0.0453. The minimum atomic E-state index is -0.593. The summed E-state index contributed by atoms with van der Waals surface area (Å²) in [5.41, 5.74) is 9.71. The number of hydrogen-bond donors (Lipinski definition) is 4. The molecule has 0 bridgehead atoms. The highest BCUT2D eigenvalue weighted by Gasteiger charge is 2.35. The molecule has 1 aliphatic heterocycles. The molecular weight excluding hydrogens is 344 g/mol. The molecule has 1 aromatic heterocycles. The highest BCUT2D eigenvalue weighted by atomic mass is 16.3. The third kappa shape index (κ3) is 2.67. The average Bonchev–Trinajstić information content (AvgIpc) is 3.15. The summed E-state index contributed by atoms with van der Waals surface area (Å²) in [6.07, 6.45) is 2.07. The molecule has 2 heterocycles. The Labute approximate surface area is 156 Å². The van der Waals surface area contributed by atoms with Crippen LogP contribution in [0.2, 0.25) is 0 Å². The molecule has 27 heavy (non-hydrogen) atoms. The van der Waals surface area contributed by atoms with Gasteiger partial charge in [0, 0.05) is 41.5 Å². The van der Waals surface area contributed by atoms with E-state index in [0.29, 0.717) is 17.5 Å². The van der Waals surface area contributed by atoms with E-state index in [4.69, 9.17) is 0 Å². The second kappa shape index (κ2) is 6.21. The van der Waals surface area contributed by atoms with Crippen LogP contribution in [-0.4, -0.2) is 20.8 Å². The molecule has 140 valence electrons. The van der Waals surface area contributed by atoms with Gasteiger partial charge in [0.1, 0.15) is 17.7 Å². The van der Waals surface area contributed by atoms with E-state index in [1.54, 1.807) is 11.0 Å². The van der Waals surface area contributed by atoms with Crippen LogP contribution >= 0.6 is 0 Å². The molecule has 1 fully saturated rings. The highest BCUT2D eigenvalue weighted by Crippen LogP contribution is 2.37. The molecule has 7 heteroatoms. The molecule has 1 saturated heterocycles. The summed E-state index contributed by atoms with van der Waals surface area (Å²) in [6, 6.07) is 8.58. The van der Waals surface area contributed by atoms with Crippen molar-refractivity contribution in [3.05, 3.63) is 53.2 Å². The maximum atomic E-state index is 12.5. The zero-order valence-corrected chi connectivity index (χ0v) is 15.4. The lowest BCUT2D eigenvalue weighted by Gasteiger charge is -2.24. The number of aryl methyl sites for hydroxylation is 3. The molecule has 4 rings (SSSR count). The molecule has 2 aromatic carbocycles. The molecule has 4 N–H and O–H groups in total. The molecule has 0 aliphatic carbocycles. The maximum Gasteiger partial charge on any atom is 0.337 e. The number of phenols is 2. The average molecular weight is 366 g/mol. The van der Waals surface area contributed by atoms with E-state index in [0.717, 1.165) is 22.2 Å². The molecule has 1 aliphatic rings. The van der Waals surface area contributed by atoms with E-state index in [9.17, 15) is 15.0 Å². The summed E-state index contributed by atoms with van der Waals surface area (Å²) >= 11 is 0. The van der Waals surface area contributed by atoms with Gasteiger partial charge in [-0.2, -0.15) is 0 Å². The first-order valence-corrected chi connectivity index (χ1v) is 8.86. The Morgan fingerprint density at radius 1 is 1.15 bits per heavy atom. The molecule has 0 radical (unpaired) electrons. The van der Waals surface area contributed by atoms with E-state index in [1.165, 1.54) is 6.07 Å². The first-order chi connectivity index (χ1) is 12.9. The number of benzene rings is 2. The Hall–Kier alpha value is -3.19. The van der Waals surface area contributed by atoms with Crippen LogP contribution < -0.4 is 15.8 Å². The predicted molar refractivity (Wildman–Crippen MR) is 104 cm³/mol. The van der Waals surface area contributed by atoms with Gasteiger partial charge in [-0.1, -0.05) is 6.92 Å². The molecular formula is C20H22N4O3. The SMILES string of the molecule is CCc1cc(C2NNC(=O)N2c2ccc3c(c2)c(C)cn3C)c(O)cc1O. The van der Waals surface area contributed by atoms with Gasteiger partial charge in [0.25, 0.3) is 0 Å². The summed E-state index contributed by atoms with van der Waals surface area (Å²) < 4.78 is 2.05. The number of aromatic nitrogens is 1. The first kappa shape index (κ1) is 17.2. The van der Waals surface area contributed by atoms with Crippen molar-refractivity contribution in [2.75, 3.05) is 4.90 Å². The number of fused-ring (bicyclic) bond motifs is 1. The number of carbonyl (C=O) groups is 1. The second-order valence-corrected chi connectivity index (χ2v) is 6.86. The van der Waals surface area contributed by atoms with Crippen molar-refractivity contribution in [1.82, 2.24) is 15.4 Å². The van der Waals surface area contributed by atoms with Gasteiger partial charge in [-0.15, -0.1) is 0 Å². The summed E-state index contributed by atoms with van der Waals surface area (Å²) in [5, 5.41) is 21.4. The Balaban J connectivity index is 1.82. The van der Waals surface area contributed by atoms with Gasteiger partial charge < -0.3 is 14.8 Å². The smallest absolute Gasteiger partial charge is 0.337 e. The lowest BCUT2D eigenvalue weighted by Crippen LogP contribution is -2.29. The number of phenolic OH excluding ortho intramolecular Hbond substituents is 2. The van der Waals surface area contributed by atoms with Crippen LogP contribution in [0.15, 0.2) is 36.5 Å². The van der Waals surface area contributed by atoms with E-state index in [2.05, 4.69) is 10.9 Å². The lowest BCUT2D eigenvalue weighted by molar-refractivity contribution is 0.250. The predicted octanol–water partition coefficient (Wildman–Crippen LogP) is 3.19. The number of anilines is 1. The number of aromatic hydroxyl groups is 2. The lowest BCUT2D eigenvalue weighted by atomic mass is 10.0. The highest BCUT2D eigenvalue weighted by molar-refractivity contribution is 5.97. The Morgan fingerprint density at radius 3 is 2.67 bits per heavy atom. The number of urea groups is 1. The van der Waals surface area contributed by atoms with Crippen molar-refractivity contribution in [3.63, 3.8) is 0 Å². The van der Waals surface area contributed by atoms with Crippen LogP contribution in [0.25, 0.3) is 10.9 Å². The fourth-order valence-electron chi connectivity index (χ4n) is 3.73. The monoisotopic (exact) mass is 366 g/mol. The van der Waals surface area contributed by atoms with Crippen LogP contribution in [0.1, 0.15) is 29.8 Å². The fourth-order valence-corrected chi connectivity index (χ4v) is 3.73. The number of carbonyl (C=O) groups excluding carboxylic acids is 1. The third-order valence-electron chi connectivity index (χ3n) is 5.15. The number of nitrogens with zero attached hydrogens (tertiary/aromatic N) is 2. The minimum Gasteiger partial charge on any atom is -0.508 e. The molecule has 0 spiro atoms. The molecule has 7 nitrogen and oxygen atoms in total. The maximum absolute atomic E-state index is 12.5. The van der Waals surface area contributed by atoms with E-state index in [-0.39, 0.29) is 17.5 Å². The topological polar surface area (TPSA) is 89.8 Å². The van der Waals surface area contributed by atoms with Crippen LogP contribution in [0.4, 0.5) is 10.5 Å². The number of nitrogens with one attached hydrogen (secondary N) is 2. The number of amides is 2. The number of rotatable bonds is 3. The molecule has 1 unspecified atom stereocenters. The largest absolute Gasteiger partial charge is 0.508 e. The summed E-state index contributed by atoms with van der Waals surface area (Å²) in [7, 11) is 1.99. The Kier molecular flexibility index (Phi) is 3.96. The summed E-state index contributed by atoms with van der Waals surface area (Å²) in [6.45, 7) is 3.95. The van der Waals surface area contributed by atoms with Crippen molar-refractivity contribution >= 4 is 22.6 Å². The van der Waals surface area contributed by atoms with E-state index < -0.39 is 6.17 Å². The Morgan fingerprint density at radius 2 is 1.93 bits per heavy atom. The van der Waals surface area contributed by atoms with Gasteiger partial charge in [0.2, 0.25) is 0 Å². The Bertz CT molecular complexity index is 1060. The van der Waals surface area contributed by atoms with Gasteiger partial charge in [0.05, 0.1) is 0 Å². The van der Waals surface area contributed by atoms with Crippen molar-refractivity contribution in [1.29, 1.82) is 0 Å².